The number of rotatable bonds is 4. The van der Waals surface area contributed by atoms with Crippen molar-refractivity contribution in [3.8, 4) is 11.5 Å². The molecule has 0 atom stereocenters. The smallest absolute Gasteiger partial charge is 0.261 e. The topological polar surface area (TPSA) is 72.2 Å². The van der Waals surface area contributed by atoms with Gasteiger partial charge in [-0.05, 0) is 55.0 Å². The van der Waals surface area contributed by atoms with E-state index < -0.39 is 10.0 Å². The Morgan fingerprint density at radius 2 is 1.73 bits per heavy atom. The third kappa shape index (κ3) is 3.19. The largest absolute Gasteiger partial charge is 0.436 e. The van der Waals surface area contributed by atoms with Crippen LogP contribution in [0, 0.1) is 6.92 Å². The van der Waals surface area contributed by atoms with Crippen molar-refractivity contribution < 1.29 is 12.8 Å². The molecular formula is C20H16N2O3S. The first-order chi connectivity index (χ1) is 12.5. The maximum atomic E-state index is 12.5. The first kappa shape index (κ1) is 16.4. The van der Waals surface area contributed by atoms with Gasteiger partial charge in [0, 0.05) is 11.3 Å². The summed E-state index contributed by atoms with van der Waals surface area (Å²) >= 11 is 0. The summed E-state index contributed by atoms with van der Waals surface area (Å²) in [5, 5.41) is 0. The highest BCUT2D eigenvalue weighted by Crippen LogP contribution is 2.27. The molecule has 0 aliphatic carbocycles. The van der Waals surface area contributed by atoms with Gasteiger partial charge in [0.1, 0.15) is 5.52 Å². The molecule has 5 nitrogen and oxygen atoms in total. The molecule has 130 valence electrons. The van der Waals surface area contributed by atoms with Crippen LogP contribution in [-0.2, 0) is 10.0 Å². The number of aryl methyl sites for hydroxylation is 1. The summed E-state index contributed by atoms with van der Waals surface area (Å²) in [6, 6.07) is 21.0. The highest BCUT2D eigenvalue weighted by Gasteiger charge is 2.15. The van der Waals surface area contributed by atoms with Gasteiger partial charge in [-0.1, -0.05) is 30.3 Å². The van der Waals surface area contributed by atoms with Crippen LogP contribution in [0.15, 0.2) is 82.1 Å². The normalized spacial score (nSPS) is 11.6. The molecule has 0 aliphatic rings. The minimum atomic E-state index is -3.64. The van der Waals surface area contributed by atoms with E-state index in [1.807, 2.05) is 31.2 Å². The molecule has 0 aliphatic heterocycles. The van der Waals surface area contributed by atoms with Crippen molar-refractivity contribution in [3.63, 3.8) is 0 Å². The number of nitrogens with one attached hydrogen (secondary N) is 1. The van der Waals surface area contributed by atoms with Gasteiger partial charge in [-0.2, -0.15) is 0 Å². The Hall–Kier alpha value is -3.12. The van der Waals surface area contributed by atoms with Crippen molar-refractivity contribution in [2.24, 2.45) is 0 Å². The molecule has 3 aromatic carbocycles. The number of hydrogen-bond acceptors (Lipinski definition) is 4. The lowest BCUT2D eigenvalue weighted by Crippen LogP contribution is -2.12. The maximum absolute atomic E-state index is 12.5. The number of nitrogens with zero attached hydrogens (tertiary/aromatic N) is 1. The zero-order valence-electron chi connectivity index (χ0n) is 14.0. The Balaban J connectivity index is 1.68. The van der Waals surface area contributed by atoms with Crippen molar-refractivity contribution in [3.05, 3.63) is 78.4 Å². The lowest BCUT2D eigenvalue weighted by molar-refractivity contribution is 0.601. The molecule has 0 saturated heterocycles. The van der Waals surface area contributed by atoms with E-state index in [2.05, 4.69) is 9.71 Å². The predicted molar refractivity (Wildman–Crippen MR) is 101 cm³/mol. The minimum absolute atomic E-state index is 0.211. The number of benzene rings is 3. The van der Waals surface area contributed by atoms with Crippen LogP contribution >= 0.6 is 0 Å². The van der Waals surface area contributed by atoms with Gasteiger partial charge in [0.05, 0.1) is 4.90 Å². The molecule has 6 heteroatoms. The van der Waals surface area contributed by atoms with E-state index in [1.165, 1.54) is 0 Å². The van der Waals surface area contributed by atoms with Crippen LogP contribution in [-0.4, -0.2) is 13.4 Å². The first-order valence-corrected chi connectivity index (χ1v) is 9.55. The van der Waals surface area contributed by atoms with Crippen molar-refractivity contribution in [2.45, 2.75) is 11.8 Å². The summed E-state index contributed by atoms with van der Waals surface area (Å²) in [5.74, 6) is 0.450. The molecule has 1 N–H and O–H groups in total. The Labute approximate surface area is 151 Å². The molecule has 4 rings (SSSR count). The number of oxazole rings is 1. The number of hydrogen-bond donors (Lipinski definition) is 1. The molecule has 0 radical (unpaired) electrons. The van der Waals surface area contributed by atoms with Crippen molar-refractivity contribution in [1.82, 2.24) is 4.98 Å². The summed E-state index contributed by atoms with van der Waals surface area (Å²) in [4.78, 5) is 4.71. The average Bonchev–Trinajstić information content (AvgIpc) is 3.05. The third-order valence-electron chi connectivity index (χ3n) is 3.96. The van der Waals surface area contributed by atoms with Crippen LogP contribution in [0.25, 0.3) is 22.6 Å². The molecule has 4 aromatic rings. The minimum Gasteiger partial charge on any atom is -0.436 e. The lowest BCUT2D eigenvalue weighted by Gasteiger charge is -2.08. The molecule has 1 aromatic heterocycles. The number of fused-ring (bicyclic) bond motifs is 1. The van der Waals surface area contributed by atoms with Gasteiger partial charge in [-0.25, -0.2) is 13.4 Å². The van der Waals surface area contributed by atoms with Gasteiger partial charge >= 0.3 is 0 Å². The second-order valence-electron chi connectivity index (χ2n) is 5.99. The highest BCUT2D eigenvalue weighted by atomic mass is 32.2. The van der Waals surface area contributed by atoms with Crippen LogP contribution in [0.3, 0.4) is 0 Å². The summed E-state index contributed by atoms with van der Waals surface area (Å²) < 4.78 is 33.3. The van der Waals surface area contributed by atoms with Crippen molar-refractivity contribution in [1.29, 1.82) is 0 Å². The first-order valence-electron chi connectivity index (χ1n) is 8.07. The van der Waals surface area contributed by atoms with Crippen LogP contribution in [0.1, 0.15) is 5.56 Å². The van der Waals surface area contributed by atoms with Gasteiger partial charge < -0.3 is 4.42 Å². The molecule has 0 amide bonds. The summed E-state index contributed by atoms with van der Waals surface area (Å²) in [6.07, 6.45) is 0. The molecule has 0 bridgehead atoms. The van der Waals surface area contributed by atoms with Crippen LogP contribution in [0.5, 0.6) is 0 Å². The molecule has 0 fully saturated rings. The Kier molecular flexibility index (Phi) is 3.97. The summed E-state index contributed by atoms with van der Waals surface area (Å²) in [6.45, 7) is 1.99. The molecule has 1 heterocycles. The molecule has 26 heavy (non-hydrogen) atoms. The SMILES string of the molecule is Cc1ccc2oc(-c3cccc(NS(=O)(=O)c4ccccc4)c3)nc2c1. The Morgan fingerprint density at radius 3 is 2.54 bits per heavy atom. The summed E-state index contributed by atoms with van der Waals surface area (Å²) in [7, 11) is -3.64. The fraction of sp³-hybridized carbons (Fsp3) is 0.0500. The van der Waals surface area contributed by atoms with Crippen molar-refractivity contribution >= 4 is 26.8 Å². The Bertz CT molecular complexity index is 1180. The van der Waals surface area contributed by atoms with Gasteiger partial charge in [0.25, 0.3) is 10.0 Å². The zero-order valence-corrected chi connectivity index (χ0v) is 14.8. The van der Waals surface area contributed by atoms with E-state index in [9.17, 15) is 8.42 Å². The second-order valence-corrected chi connectivity index (χ2v) is 7.67. The highest BCUT2D eigenvalue weighted by molar-refractivity contribution is 7.92. The fourth-order valence-corrected chi connectivity index (χ4v) is 3.76. The van der Waals surface area contributed by atoms with Gasteiger partial charge in [0.2, 0.25) is 5.89 Å². The molecule has 0 unspecified atom stereocenters. The molecular weight excluding hydrogens is 348 g/mol. The van der Waals surface area contributed by atoms with Crippen LogP contribution in [0.2, 0.25) is 0 Å². The molecule has 0 saturated carbocycles. The van der Waals surface area contributed by atoms with E-state index in [0.717, 1.165) is 11.1 Å². The van der Waals surface area contributed by atoms with Gasteiger partial charge in [-0.15, -0.1) is 0 Å². The van der Waals surface area contributed by atoms with E-state index in [-0.39, 0.29) is 4.90 Å². The predicted octanol–water partition coefficient (Wildman–Crippen LogP) is 4.60. The van der Waals surface area contributed by atoms with E-state index in [1.54, 1.807) is 48.5 Å². The number of anilines is 1. The quantitative estimate of drug-likeness (QED) is 0.574. The summed E-state index contributed by atoms with van der Waals surface area (Å²) in [5.41, 5.74) is 3.72. The second kappa shape index (κ2) is 6.31. The standard InChI is InChI=1S/C20H16N2O3S/c1-14-10-11-19-18(12-14)21-20(25-19)15-6-5-7-16(13-15)22-26(23,24)17-8-3-2-4-9-17/h2-13,22H,1H3. The zero-order chi connectivity index (χ0) is 18.1. The monoisotopic (exact) mass is 364 g/mol. The van der Waals surface area contributed by atoms with Crippen LogP contribution < -0.4 is 4.72 Å². The Morgan fingerprint density at radius 1 is 0.923 bits per heavy atom. The van der Waals surface area contributed by atoms with Gasteiger partial charge in [0.15, 0.2) is 5.58 Å². The number of aromatic nitrogens is 1. The maximum Gasteiger partial charge on any atom is 0.261 e. The average molecular weight is 364 g/mol. The lowest BCUT2D eigenvalue weighted by atomic mass is 10.2. The van der Waals surface area contributed by atoms with Crippen LogP contribution in [0.4, 0.5) is 5.69 Å². The fourth-order valence-electron chi connectivity index (χ4n) is 2.69. The van der Waals surface area contributed by atoms with E-state index in [4.69, 9.17) is 4.42 Å². The van der Waals surface area contributed by atoms with Crippen molar-refractivity contribution in [2.75, 3.05) is 4.72 Å². The van der Waals surface area contributed by atoms with E-state index in [0.29, 0.717) is 22.7 Å². The van der Waals surface area contributed by atoms with Gasteiger partial charge in [-0.3, -0.25) is 4.72 Å². The number of sulfonamides is 1. The van der Waals surface area contributed by atoms with E-state index >= 15 is 0 Å². The molecule has 0 spiro atoms. The third-order valence-corrected chi connectivity index (χ3v) is 5.36.